The largest absolute Gasteiger partial charge is 0.337 e. The molecule has 4 heterocycles. The average Bonchev–Trinajstić information content (AvgIpc) is 3.45. The van der Waals surface area contributed by atoms with Gasteiger partial charge >= 0.3 is 0 Å². The van der Waals surface area contributed by atoms with Gasteiger partial charge in [0.1, 0.15) is 5.65 Å². The number of carbonyl (C=O) groups excluding carboxylic acids is 1. The molecular formula is C24H24N6O. The molecule has 156 valence electrons. The summed E-state index contributed by atoms with van der Waals surface area (Å²) in [5, 5.41) is 4.37. The molecule has 1 saturated heterocycles. The van der Waals surface area contributed by atoms with E-state index in [2.05, 4.69) is 21.2 Å². The average molecular weight is 412 g/mol. The zero-order valence-corrected chi connectivity index (χ0v) is 17.2. The second kappa shape index (κ2) is 8.57. The number of aromatic nitrogens is 4. The Morgan fingerprint density at radius 3 is 2.58 bits per heavy atom. The molecule has 1 fully saturated rings. The van der Waals surface area contributed by atoms with Gasteiger partial charge in [-0.15, -0.1) is 0 Å². The van der Waals surface area contributed by atoms with Crippen LogP contribution < -0.4 is 0 Å². The second-order valence-electron chi connectivity index (χ2n) is 7.69. The predicted octanol–water partition coefficient (Wildman–Crippen LogP) is 2.88. The Balaban J connectivity index is 1.14. The lowest BCUT2D eigenvalue weighted by molar-refractivity contribution is -0.127. The van der Waals surface area contributed by atoms with Crippen molar-refractivity contribution in [2.75, 3.05) is 26.2 Å². The molecule has 0 spiro atoms. The maximum Gasteiger partial charge on any atom is 0.246 e. The Morgan fingerprint density at radius 2 is 1.77 bits per heavy atom. The summed E-state index contributed by atoms with van der Waals surface area (Å²) in [4.78, 5) is 21.5. The van der Waals surface area contributed by atoms with Crippen LogP contribution in [0.15, 0.2) is 79.4 Å². The molecule has 1 aliphatic heterocycles. The molecule has 0 atom stereocenters. The third-order valence-corrected chi connectivity index (χ3v) is 5.53. The zero-order valence-electron chi connectivity index (χ0n) is 17.2. The molecule has 4 aromatic rings. The third-order valence-electron chi connectivity index (χ3n) is 5.53. The molecule has 0 radical (unpaired) electrons. The molecule has 0 saturated carbocycles. The molecule has 0 N–H and O–H groups in total. The normalized spacial score (nSPS) is 15.2. The van der Waals surface area contributed by atoms with Gasteiger partial charge in [0, 0.05) is 63.0 Å². The number of fused-ring (bicyclic) bond motifs is 1. The lowest BCUT2D eigenvalue weighted by atomic mass is 10.2. The SMILES string of the molecule is O=C(/C=C/c1cnn(-c2ccccc2)c1)N1CCN(Cc2cn3ccccc3n2)CC1. The molecule has 1 aromatic carbocycles. The van der Waals surface area contributed by atoms with Gasteiger partial charge in [-0.1, -0.05) is 24.3 Å². The number of pyridine rings is 1. The highest BCUT2D eigenvalue weighted by Gasteiger charge is 2.20. The van der Waals surface area contributed by atoms with E-state index in [-0.39, 0.29) is 5.91 Å². The van der Waals surface area contributed by atoms with Crippen LogP contribution in [0.1, 0.15) is 11.3 Å². The molecule has 0 bridgehead atoms. The van der Waals surface area contributed by atoms with E-state index in [0.717, 1.165) is 55.3 Å². The predicted molar refractivity (Wildman–Crippen MR) is 120 cm³/mol. The zero-order chi connectivity index (χ0) is 21.0. The Morgan fingerprint density at radius 1 is 0.968 bits per heavy atom. The van der Waals surface area contributed by atoms with Crippen LogP contribution in [0.25, 0.3) is 17.4 Å². The summed E-state index contributed by atoms with van der Waals surface area (Å²) in [5.74, 6) is 0.0415. The summed E-state index contributed by atoms with van der Waals surface area (Å²) in [6.45, 7) is 3.94. The van der Waals surface area contributed by atoms with Gasteiger partial charge in [-0.2, -0.15) is 5.10 Å². The Labute approximate surface area is 180 Å². The van der Waals surface area contributed by atoms with E-state index in [4.69, 9.17) is 0 Å². The molecule has 3 aromatic heterocycles. The number of piperazine rings is 1. The fraction of sp³-hybridized carbons (Fsp3) is 0.208. The quantitative estimate of drug-likeness (QED) is 0.473. The number of hydrogen-bond acceptors (Lipinski definition) is 4. The summed E-state index contributed by atoms with van der Waals surface area (Å²) in [5.41, 5.74) is 3.92. The molecule has 31 heavy (non-hydrogen) atoms. The fourth-order valence-corrected chi connectivity index (χ4v) is 3.84. The maximum atomic E-state index is 12.6. The van der Waals surface area contributed by atoms with Crippen molar-refractivity contribution < 1.29 is 4.79 Å². The number of imidazole rings is 1. The monoisotopic (exact) mass is 412 g/mol. The van der Waals surface area contributed by atoms with E-state index >= 15 is 0 Å². The molecule has 1 amide bonds. The van der Waals surface area contributed by atoms with E-state index in [1.165, 1.54) is 0 Å². The lowest BCUT2D eigenvalue weighted by Crippen LogP contribution is -2.47. The Kier molecular flexibility index (Phi) is 5.33. The van der Waals surface area contributed by atoms with Crippen LogP contribution in [0.5, 0.6) is 0 Å². The molecule has 7 nitrogen and oxygen atoms in total. The minimum Gasteiger partial charge on any atom is -0.337 e. The topological polar surface area (TPSA) is 58.7 Å². The van der Waals surface area contributed by atoms with Crippen molar-refractivity contribution in [2.45, 2.75) is 6.54 Å². The third kappa shape index (κ3) is 4.41. The first-order chi connectivity index (χ1) is 15.2. The summed E-state index contributed by atoms with van der Waals surface area (Å²) in [7, 11) is 0. The Hall–Kier alpha value is -3.71. The van der Waals surface area contributed by atoms with E-state index < -0.39 is 0 Å². The molecule has 7 heteroatoms. The van der Waals surface area contributed by atoms with Crippen molar-refractivity contribution in [1.29, 1.82) is 0 Å². The highest BCUT2D eigenvalue weighted by atomic mass is 16.2. The minimum atomic E-state index is 0.0415. The van der Waals surface area contributed by atoms with Crippen LogP contribution in [0, 0.1) is 0 Å². The highest BCUT2D eigenvalue weighted by Crippen LogP contribution is 2.12. The van der Waals surface area contributed by atoms with Crippen molar-refractivity contribution in [2.24, 2.45) is 0 Å². The second-order valence-corrected chi connectivity index (χ2v) is 7.69. The number of rotatable bonds is 5. The molecule has 0 unspecified atom stereocenters. The van der Waals surface area contributed by atoms with Crippen molar-refractivity contribution in [3.63, 3.8) is 0 Å². The number of hydrogen-bond donors (Lipinski definition) is 0. The first-order valence-electron chi connectivity index (χ1n) is 10.5. The van der Waals surface area contributed by atoms with Crippen LogP contribution in [0.4, 0.5) is 0 Å². The van der Waals surface area contributed by atoms with E-state index in [1.54, 1.807) is 12.3 Å². The van der Waals surface area contributed by atoms with E-state index in [9.17, 15) is 4.79 Å². The van der Waals surface area contributed by atoms with Gasteiger partial charge in [-0.05, 0) is 30.3 Å². The van der Waals surface area contributed by atoms with Crippen LogP contribution in [0.2, 0.25) is 0 Å². The van der Waals surface area contributed by atoms with Crippen LogP contribution in [0.3, 0.4) is 0 Å². The molecule has 5 rings (SSSR count). The fourth-order valence-electron chi connectivity index (χ4n) is 3.84. The summed E-state index contributed by atoms with van der Waals surface area (Å²) in [6.07, 6.45) is 11.3. The van der Waals surface area contributed by atoms with Gasteiger partial charge < -0.3 is 9.30 Å². The van der Waals surface area contributed by atoms with Gasteiger partial charge in [0.25, 0.3) is 0 Å². The minimum absolute atomic E-state index is 0.0415. The summed E-state index contributed by atoms with van der Waals surface area (Å²) in [6, 6.07) is 15.9. The van der Waals surface area contributed by atoms with Gasteiger partial charge in [0.05, 0.1) is 17.6 Å². The van der Waals surface area contributed by atoms with Crippen molar-refractivity contribution in [1.82, 2.24) is 29.0 Å². The molecule has 1 aliphatic rings. The molecule has 0 aliphatic carbocycles. The summed E-state index contributed by atoms with van der Waals surface area (Å²) < 4.78 is 3.85. The number of carbonyl (C=O) groups is 1. The van der Waals surface area contributed by atoms with E-state index in [1.807, 2.05) is 81.0 Å². The first-order valence-corrected chi connectivity index (χ1v) is 10.5. The van der Waals surface area contributed by atoms with Gasteiger partial charge in [-0.25, -0.2) is 9.67 Å². The number of para-hydroxylation sites is 1. The van der Waals surface area contributed by atoms with Crippen LogP contribution in [-0.4, -0.2) is 61.1 Å². The van der Waals surface area contributed by atoms with Gasteiger partial charge in [-0.3, -0.25) is 9.69 Å². The van der Waals surface area contributed by atoms with Gasteiger partial charge in [0.15, 0.2) is 0 Å². The van der Waals surface area contributed by atoms with Crippen LogP contribution >= 0.6 is 0 Å². The number of amides is 1. The highest BCUT2D eigenvalue weighted by molar-refractivity contribution is 5.91. The van der Waals surface area contributed by atoms with Crippen LogP contribution in [-0.2, 0) is 11.3 Å². The van der Waals surface area contributed by atoms with Crippen molar-refractivity contribution in [3.8, 4) is 5.69 Å². The Bertz CT molecular complexity index is 1170. The number of benzene rings is 1. The van der Waals surface area contributed by atoms with E-state index in [0.29, 0.717) is 0 Å². The summed E-state index contributed by atoms with van der Waals surface area (Å²) >= 11 is 0. The maximum absolute atomic E-state index is 12.6. The smallest absolute Gasteiger partial charge is 0.246 e. The van der Waals surface area contributed by atoms with Crippen molar-refractivity contribution >= 4 is 17.6 Å². The number of nitrogens with zero attached hydrogens (tertiary/aromatic N) is 6. The van der Waals surface area contributed by atoms with Crippen molar-refractivity contribution in [3.05, 3.63) is 90.7 Å². The lowest BCUT2D eigenvalue weighted by Gasteiger charge is -2.33. The standard InChI is InChI=1S/C24H24N6O/c31-24(10-9-20-16-25-30(17-20)22-6-2-1-3-7-22)28-14-12-27(13-15-28)18-21-19-29-11-5-4-8-23(29)26-21/h1-11,16-17,19H,12-15,18H2/b10-9+. The molecular weight excluding hydrogens is 388 g/mol. The van der Waals surface area contributed by atoms with Gasteiger partial charge in [0.2, 0.25) is 5.91 Å². The first kappa shape index (κ1) is 19.3.